The second-order valence-corrected chi connectivity index (χ2v) is 4.58. The second kappa shape index (κ2) is 3.25. The van der Waals surface area contributed by atoms with Crippen molar-refractivity contribution in [3.8, 4) is 0 Å². The summed E-state index contributed by atoms with van der Waals surface area (Å²) in [6.07, 6.45) is 3.10. The third-order valence-corrected chi connectivity index (χ3v) is 2.15. The molecule has 0 unspecified atom stereocenters. The first kappa shape index (κ1) is 10.0. The van der Waals surface area contributed by atoms with E-state index in [4.69, 9.17) is 4.74 Å². The molecular weight excluding hydrogens is 194 g/mol. The highest BCUT2D eigenvalue weighted by atomic mass is 16.6. The molecule has 0 atom stereocenters. The van der Waals surface area contributed by atoms with Crippen LogP contribution in [0.15, 0.2) is 12.5 Å². The number of hydrogen-bond acceptors (Lipinski definition) is 3. The number of imidazole rings is 1. The Morgan fingerprint density at radius 2 is 2.20 bits per heavy atom. The zero-order valence-electron chi connectivity index (χ0n) is 9.23. The van der Waals surface area contributed by atoms with Crippen LogP contribution in [-0.2, 0) is 11.3 Å². The van der Waals surface area contributed by atoms with Crippen LogP contribution in [0.1, 0.15) is 20.8 Å². The maximum Gasteiger partial charge on any atom is 0.416 e. The van der Waals surface area contributed by atoms with Crippen LogP contribution in [0, 0.1) is 0 Å². The number of amides is 1. The van der Waals surface area contributed by atoms with E-state index in [-0.39, 0.29) is 6.09 Å². The number of aromatic nitrogens is 2. The van der Waals surface area contributed by atoms with Gasteiger partial charge in [0.25, 0.3) is 0 Å². The van der Waals surface area contributed by atoms with E-state index in [9.17, 15) is 4.79 Å². The van der Waals surface area contributed by atoms with Gasteiger partial charge in [0.1, 0.15) is 11.4 Å². The number of rotatable bonds is 0. The second-order valence-electron chi connectivity index (χ2n) is 4.58. The highest BCUT2D eigenvalue weighted by Gasteiger charge is 2.28. The first-order valence-electron chi connectivity index (χ1n) is 4.98. The lowest BCUT2D eigenvalue weighted by Crippen LogP contribution is -2.35. The van der Waals surface area contributed by atoms with E-state index in [1.54, 1.807) is 17.4 Å². The van der Waals surface area contributed by atoms with Crippen molar-refractivity contribution >= 4 is 11.9 Å². The Morgan fingerprint density at radius 3 is 2.87 bits per heavy atom. The Bertz CT molecular complexity index is 378. The summed E-state index contributed by atoms with van der Waals surface area (Å²) in [5.74, 6) is 0.809. The van der Waals surface area contributed by atoms with E-state index in [0.717, 1.165) is 12.4 Å². The van der Waals surface area contributed by atoms with E-state index >= 15 is 0 Å². The van der Waals surface area contributed by atoms with Crippen molar-refractivity contribution < 1.29 is 9.53 Å². The van der Waals surface area contributed by atoms with Gasteiger partial charge in [-0.05, 0) is 20.8 Å². The zero-order chi connectivity index (χ0) is 11.1. The maximum absolute atomic E-state index is 11.8. The van der Waals surface area contributed by atoms with Crippen molar-refractivity contribution in [2.45, 2.75) is 32.9 Å². The fraction of sp³-hybridized carbons (Fsp3) is 0.600. The van der Waals surface area contributed by atoms with Crippen LogP contribution in [0.3, 0.4) is 0 Å². The molecule has 5 nitrogen and oxygen atoms in total. The van der Waals surface area contributed by atoms with Crippen molar-refractivity contribution in [2.24, 2.45) is 0 Å². The molecule has 0 aliphatic carbocycles. The zero-order valence-corrected chi connectivity index (χ0v) is 9.23. The quantitative estimate of drug-likeness (QED) is 0.652. The summed E-state index contributed by atoms with van der Waals surface area (Å²) >= 11 is 0. The number of fused-ring (bicyclic) bond motifs is 1. The normalized spacial score (nSPS) is 15.3. The minimum atomic E-state index is -0.454. The first-order chi connectivity index (χ1) is 6.97. The lowest BCUT2D eigenvalue weighted by atomic mass is 10.2. The van der Waals surface area contributed by atoms with Crippen molar-refractivity contribution in [3.63, 3.8) is 0 Å². The van der Waals surface area contributed by atoms with Gasteiger partial charge in [-0.1, -0.05) is 0 Å². The van der Waals surface area contributed by atoms with Gasteiger partial charge in [-0.2, -0.15) is 0 Å². The van der Waals surface area contributed by atoms with E-state index in [0.29, 0.717) is 6.54 Å². The van der Waals surface area contributed by atoms with Crippen LogP contribution >= 0.6 is 0 Å². The van der Waals surface area contributed by atoms with Gasteiger partial charge < -0.3 is 9.30 Å². The monoisotopic (exact) mass is 209 g/mol. The van der Waals surface area contributed by atoms with E-state index < -0.39 is 5.60 Å². The van der Waals surface area contributed by atoms with Crippen LogP contribution in [0.5, 0.6) is 0 Å². The molecule has 0 fully saturated rings. The van der Waals surface area contributed by atoms with Crippen LogP contribution in [0.25, 0.3) is 0 Å². The third-order valence-electron chi connectivity index (χ3n) is 2.15. The van der Waals surface area contributed by atoms with E-state index in [1.165, 1.54) is 0 Å². The summed E-state index contributed by atoms with van der Waals surface area (Å²) in [4.78, 5) is 17.4. The van der Waals surface area contributed by atoms with Gasteiger partial charge in [0.2, 0.25) is 0 Å². The molecule has 82 valence electrons. The smallest absolute Gasteiger partial charge is 0.416 e. The van der Waals surface area contributed by atoms with Crippen molar-refractivity contribution in [1.82, 2.24) is 9.55 Å². The Morgan fingerprint density at radius 1 is 1.47 bits per heavy atom. The minimum Gasteiger partial charge on any atom is -0.443 e. The van der Waals surface area contributed by atoms with Gasteiger partial charge in [0, 0.05) is 13.1 Å². The number of carbonyl (C=O) groups excluding carboxylic acids is 1. The Hall–Kier alpha value is -1.52. The Labute approximate surface area is 88.7 Å². The lowest BCUT2D eigenvalue weighted by molar-refractivity contribution is 0.0584. The lowest BCUT2D eigenvalue weighted by Gasteiger charge is -2.23. The highest BCUT2D eigenvalue weighted by Crippen LogP contribution is 2.22. The largest absolute Gasteiger partial charge is 0.443 e. The standard InChI is InChI=1S/C10H15N3O2/c1-10(2,3)15-9(14)13-5-4-12-7-11-6-8(12)13/h6-7H,4-5H2,1-3H3. The number of ether oxygens (including phenoxy) is 1. The van der Waals surface area contributed by atoms with Gasteiger partial charge in [-0.3, -0.25) is 4.90 Å². The van der Waals surface area contributed by atoms with E-state index in [1.807, 2.05) is 25.3 Å². The number of anilines is 1. The fourth-order valence-corrected chi connectivity index (χ4v) is 1.53. The molecule has 0 saturated carbocycles. The van der Waals surface area contributed by atoms with Gasteiger partial charge in [-0.15, -0.1) is 0 Å². The van der Waals surface area contributed by atoms with Crippen LogP contribution in [0.2, 0.25) is 0 Å². The highest BCUT2D eigenvalue weighted by molar-refractivity contribution is 5.87. The molecule has 15 heavy (non-hydrogen) atoms. The van der Waals surface area contributed by atoms with Gasteiger partial charge in [-0.25, -0.2) is 9.78 Å². The summed E-state index contributed by atoms with van der Waals surface area (Å²) in [6, 6.07) is 0. The summed E-state index contributed by atoms with van der Waals surface area (Å²) in [6.45, 7) is 7.02. The van der Waals surface area contributed by atoms with Gasteiger partial charge >= 0.3 is 6.09 Å². The van der Waals surface area contributed by atoms with Crippen molar-refractivity contribution in [3.05, 3.63) is 12.5 Å². The van der Waals surface area contributed by atoms with Gasteiger partial charge in [0.15, 0.2) is 0 Å². The predicted molar refractivity (Wildman–Crippen MR) is 55.8 cm³/mol. The number of carbonyl (C=O) groups is 1. The van der Waals surface area contributed by atoms with Crippen molar-refractivity contribution in [2.75, 3.05) is 11.4 Å². The van der Waals surface area contributed by atoms with Crippen LogP contribution in [0.4, 0.5) is 10.6 Å². The topological polar surface area (TPSA) is 47.4 Å². The molecular formula is C10H15N3O2. The molecule has 5 heteroatoms. The van der Waals surface area contributed by atoms with Crippen LogP contribution < -0.4 is 4.90 Å². The summed E-state index contributed by atoms with van der Waals surface area (Å²) in [5, 5.41) is 0. The molecule has 0 aromatic carbocycles. The molecule has 0 bridgehead atoms. The predicted octanol–water partition coefficient (Wildman–Crippen LogP) is 1.64. The molecule has 0 radical (unpaired) electrons. The average molecular weight is 209 g/mol. The molecule has 1 aromatic heterocycles. The van der Waals surface area contributed by atoms with E-state index in [2.05, 4.69) is 4.98 Å². The summed E-state index contributed by atoms with van der Waals surface area (Å²) in [7, 11) is 0. The maximum atomic E-state index is 11.8. The molecule has 0 N–H and O–H groups in total. The third kappa shape index (κ3) is 1.95. The Balaban J connectivity index is 2.11. The average Bonchev–Trinajstić information content (AvgIpc) is 2.57. The Kier molecular flexibility index (Phi) is 2.17. The molecule has 1 aliphatic heterocycles. The van der Waals surface area contributed by atoms with Gasteiger partial charge in [0.05, 0.1) is 12.5 Å². The molecule has 1 amide bonds. The fourth-order valence-electron chi connectivity index (χ4n) is 1.53. The summed E-state index contributed by atoms with van der Waals surface area (Å²) in [5.41, 5.74) is -0.454. The molecule has 0 spiro atoms. The molecule has 1 aromatic rings. The SMILES string of the molecule is CC(C)(C)OC(=O)N1CCn2cncc21. The number of nitrogens with zero attached hydrogens (tertiary/aromatic N) is 3. The molecule has 0 saturated heterocycles. The summed E-state index contributed by atoms with van der Waals surface area (Å²) < 4.78 is 7.23. The molecule has 1 aliphatic rings. The van der Waals surface area contributed by atoms with Crippen LogP contribution in [-0.4, -0.2) is 27.8 Å². The van der Waals surface area contributed by atoms with Crippen molar-refractivity contribution in [1.29, 1.82) is 0 Å². The number of hydrogen-bond donors (Lipinski definition) is 0. The molecule has 2 rings (SSSR count). The first-order valence-corrected chi connectivity index (χ1v) is 4.98. The molecule has 2 heterocycles. The minimum absolute atomic E-state index is 0.304.